The monoisotopic (exact) mass is 419 g/mol. The highest BCUT2D eigenvalue weighted by atomic mass is 35.5. The molecule has 0 unspecified atom stereocenters. The van der Waals surface area contributed by atoms with E-state index in [4.69, 9.17) is 5.73 Å². The molecular formula is C18H27ClFN3O3S. The van der Waals surface area contributed by atoms with E-state index >= 15 is 0 Å². The van der Waals surface area contributed by atoms with Crippen LogP contribution in [0.2, 0.25) is 0 Å². The van der Waals surface area contributed by atoms with Gasteiger partial charge in [-0.2, -0.15) is 4.31 Å². The fourth-order valence-corrected chi connectivity index (χ4v) is 5.27. The fourth-order valence-electron chi connectivity index (χ4n) is 3.80. The molecule has 2 fully saturated rings. The number of carbonyl (C=O) groups is 1. The maximum absolute atomic E-state index is 13.1. The van der Waals surface area contributed by atoms with Gasteiger partial charge in [0.05, 0.1) is 10.4 Å². The van der Waals surface area contributed by atoms with Gasteiger partial charge in [-0.15, -0.1) is 12.4 Å². The van der Waals surface area contributed by atoms with E-state index in [9.17, 15) is 17.6 Å². The van der Waals surface area contributed by atoms with Crippen molar-refractivity contribution < 1.29 is 17.6 Å². The minimum atomic E-state index is -3.69. The van der Waals surface area contributed by atoms with E-state index in [2.05, 4.69) is 0 Å². The summed E-state index contributed by atoms with van der Waals surface area (Å²) < 4.78 is 40.0. The second-order valence-corrected chi connectivity index (χ2v) is 9.16. The standard InChI is InChI=1S/C18H26FN3O3S.ClH/c19-15-5-7-16(8-6-15)26(24,25)22-12-4-11-21(13-14-22)17(23)18(20)9-2-1-3-10-18;/h5-8H,1-4,9-14,20H2;1H. The van der Waals surface area contributed by atoms with Gasteiger partial charge in [-0.25, -0.2) is 12.8 Å². The molecule has 0 spiro atoms. The van der Waals surface area contributed by atoms with E-state index in [-0.39, 0.29) is 29.8 Å². The molecule has 1 aromatic rings. The first-order valence-electron chi connectivity index (χ1n) is 9.17. The number of hydrogen-bond donors (Lipinski definition) is 1. The SMILES string of the molecule is Cl.NC1(C(=O)N2CCCN(S(=O)(=O)c3ccc(F)cc3)CC2)CCCCC1. The Morgan fingerprint density at radius 2 is 1.59 bits per heavy atom. The molecule has 6 nitrogen and oxygen atoms in total. The van der Waals surface area contributed by atoms with Gasteiger partial charge in [0, 0.05) is 26.2 Å². The number of carbonyl (C=O) groups excluding carboxylic acids is 1. The molecular weight excluding hydrogens is 393 g/mol. The number of nitrogens with zero attached hydrogens (tertiary/aromatic N) is 2. The summed E-state index contributed by atoms with van der Waals surface area (Å²) in [5, 5.41) is 0. The molecule has 152 valence electrons. The van der Waals surface area contributed by atoms with Crippen molar-refractivity contribution in [3.63, 3.8) is 0 Å². The van der Waals surface area contributed by atoms with Gasteiger partial charge in [0.2, 0.25) is 15.9 Å². The Morgan fingerprint density at radius 3 is 2.22 bits per heavy atom. The molecule has 1 aromatic carbocycles. The molecule has 3 rings (SSSR count). The second kappa shape index (κ2) is 8.86. The summed E-state index contributed by atoms with van der Waals surface area (Å²) in [5.74, 6) is -0.532. The summed E-state index contributed by atoms with van der Waals surface area (Å²) in [4.78, 5) is 14.7. The van der Waals surface area contributed by atoms with Crippen LogP contribution in [0, 0.1) is 5.82 Å². The number of amides is 1. The quantitative estimate of drug-likeness (QED) is 0.813. The van der Waals surface area contributed by atoms with Gasteiger partial charge in [0.1, 0.15) is 5.82 Å². The lowest BCUT2D eigenvalue weighted by atomic mass is 9.81. The summed E-state index contributed by atoms with van der Waals surface area (Å²) >= 11 is 0. The van der Waals surface area contributed by atoms with E-state index < -0.39 is 21.4 Å². The first kappa shape index (κ1) is 22.1. The molecule has 27 heavy (non-hydrogen) atoms. The first-order valence-corrected chi connectivity index (χ1v) is 10.6. The van der Waals surface area contributed by atoms with Crippen LogP contribution in [-0.4, -0.2) is 55.2 Å². The Morgan fingerprint density at radius 1 is 0.963 bits per heavy atom. The van der Waals surface area contributed by atoms with Crippen LogP contribution >= 0.6 is 12.4 Å². The van der Waals surface area contributed by atoms with Gasteiger partial charge in [-0.05, 0) is 43.5 Å². The highest BCUT2D eigenvalue weighted by Gasteiger charge is 2.39. The molecule has 0 atom stereocenters. The molecule has 1 amide bonds. The van der Waals surface area contributed by atoms with Crippen molar-refractivity contribution in [1.82, 2.24) is 9.21 Å². The van der Waals surface area contributed by atoms with Crippen molar-refractivity contribution in [3.05, 3.63) is 30.1 Å². The highest BCUT2D eigenvalue weighted by Crippen LogP contribution is 2.28. The molecule has 0 radical (unpaired) electrons. The number of hydrogen-bond acceptors (Lipinski definition) is 4. The summed E-state index contributed by atoms with van der Waals surface area (Å²) in [6.45, 7) is 1.40. The predicted molar refractivity (Wildman–Crippen MR) is 104 cm³/mol. The lowest BCUT2D eigenvalue weighted by molar-refractivity contribution is -0.138. The average Bonchev–Trinajstić information content (AvgIpc) is 2.88. The van der Waals surface area contributed by atoms with Crippen molar-refractivity contribution in [2.45, 2.75) is 49.0 Å². The fraction of sp³-hybridized carbons (Fsp3) is 0.611. The molecule has 1 saturated heterocycles. The Hall–Kier alpha value is -1.22. The zero-order chi connectivity index (χ0) is 18.8. The number of sulfonamides is 1. The predicted octanol–water partition coefficient (Wildman–Crippen LogP) is 2.13. The smallest absolute Gasteiger partial charge is 0.243 e. The van der Waals surface area contributed by atoms with E-state index in [1.54, 1.807) is 4.90 Å². The van der Waals surface area contributed by atoms with Gasteiger partial charge in [-0.3, -0.25) is 4.79 Å². The third-order valence-corrected chi connectivity index (χ3v) is 7.28. The van der Waals surface area contributed by atoms with Gasteiger partial charge in [0.15, 0.2) is 0 Å². The average molecular weight is 420 g/mol. The van der Waals surface area contributed by atoms with Gasteiger partial charge in [0.25, 0.3) is 0 Å². The summed E-state index contributed by atoms with van der Waals surface area (Å²) in [6, 6.07) is 4.83. The van der Waals surface area contributed by atoms with Crippen LogP contribution in [0.15, 0.2) is 29.2 Å². The maximum atomic E-state index is 13.1. The van der Waals surface area contributed by atoms with Crippen LogP contribution < -0.4 is 5.73 Å². The summed E-state index contributed by atoms with van der Waals surface area (Å²) in [5.41, 5.74) is 5.55. The minimum absolute atomic E-state index is 0. The molecule has 1 aliphatic carbocycles. The van der Waals surface area contributed by atoms with E-state index in [1.807, 2.05) is 0 Å². The molecule has 2 N–H and O–H groups in total. The summed E-state index contributed by atoms with van der Waals surface area (Å²) in [7, 11) is -3.69. The third-order valence-electron chi connectivity index (χ3n) is 5.37. The molecule has 0 bridgehead atoms. The number of rotatable bonds is 3. The topological polar surface area (TPSA) is 83.7 Å². The van der Waals surface area contributed by atoms with Crippen LogP contribution in [0.5, 0.6) is 0 Å². The number of benzene rings is 1. The van der Waals surface area contributed by atoms with Gasteiger partial charge >= 0.3 is 0 Å². The van der Waals surface area contributed by atoms with Crippen LogP contribution in [0.3, 0.4) is 0 Å². The van der Waals surface area contributed by atoms with Crippen molar-refractivity contribution in [1.29, 1.82) is 0 Å². The maximum Gasteiger partial charge on any atom is 0.243 e. The van der Waals surface area contributed by atoms with E-state index in [0.717, 1.165) is 31.4 Å². The third kappa shape index (κ3) is 4.80. The largest absolute Gasteiger partial charge is 0.340 e. The Labute approximate surface area is 166 Å². The van der Waals surface area contributed by atoms with Crippen molar-refractivity contribution in [3.8, 4) is 0 Å². The Bertz CT molecular complexity index is 752. The van der Waals surface area contributed by atoms with Crippen molar-refractivity contribution >= 4 is 28.3 Å². The summed E-state index contributed by atoms with van der Waals surface area (Å²) in [6.07, 6.45) is 4.97. The zero-order valence-corrected chi connectivity index (χ0v) is 16.9. The molecule has 1 saturated carbocycles. The number of nitrogens with two attached hydrogens (primary N) is 1. The minimum Gasteiger partial charge on any atom is -0.340 e. The van der Waals surface area contributed by atoms with Crippen molar-refractivity contribution in [2.24, 2.45) is 5.73 Å². The normalized spacial score (nSPS) is 21.2. The second-order valence-electron chi connectivity index (χ2n) is 7.22. The van der Waals surface area contributed by atoms with Crippen LogP contribution in [0.1, 0.15) is 38.5 Å². The number of halogens is 2. The van der Waals surface area contributed by atoms with Crippen LogP contribution in [0.25, 0.3) is 0 Å². The lowest BCUT2D eigenvalue weighted by Gasteiger charge is -2.36. The van der Waals surface area contributed by atoms with Gasteiger partial charge < -0.3 is 10.6 Å². The van der Waals surface area contributed by atoms with E-state index in [1.165, 1.54) is 16.4 Å². The van der Waals surface area contributed by atoms with E-state index in [0.29, 0.717) is 38.9 Å². The van der Waals surface area contributed by atoms with Crippen LogP contribution in [0.4, 0.5) is 4.39 Å². The van der Waals surface area contributed by atoms with Crippen LogP contribution in [-0.2, 0) is 14.8 Å². The molecule has 1 heterocycles. The Kier molecular flexibility index (Phi) is 7.24. The first-order chi connectivity index (χ1) is 12.3. The molecule has 1 aliphatic heterocycles. The lowest BCUT2D eigenvalue weighted by Crippen LogP contribution is -2.56. The zero-order valence-electron chi connectivity index (χ0n) is 15.3. The van der Waals surface area contributed by atoms with Crippen molar-refractivity contribution in [2.75, 3.05) is 26.2 Å². The van der Waals surface area contributed by atoms with Gasteiger partial charge in [-0.1, -0.05) is 19.3 Å². The molecule has 9 heteroatoms. The highest BCUT2D eigenvalue weighted by molar-refractivity contribution is 7.89. The molecule has 0 aromatic heterocycles. The Balaban J connectivity index is 0.00000261. The molecule has 2 aliphatic rings.